The molecule has 3 atom stereocenters. The summed E-state index contributed by atoms with van der Waals surface area (Å²) in [4.78, 5) is 14.0. The molecule has 0 radical (unpaired) electrons. The van der Waals surface area contributed by atoms with E-state index in [1.807, 2.05) is 4.72 Å². The zero-order valence-electron chi connectivity index (χ0n) is 19.6. The molecule has 1 saturated heterocycles. The van der Waals surface area contributed by atoms with Crippen molar-refractivity contribution in [2.24, 2.45) is 5.41 Å². The van der Waals surface area contributed by atoms with Gasteiger partial charge in [-0.15, -0.1) is 0 Å². The lowest BCUT2D eigenvalue weighted by Crippen LogP contribution is -2.52. The maximum Gasteiger partial charge on any atom is 0.350 e. The predicted molar refractivity (Wildman–Crippen MR) is 121 cm³/mol. The van der Waals surface area contributed by atoms with Crippen LogP contribution in [0.3, 0.4) is 0 Å². The molecule has 1 aliphatic heterocycles. The largest absolute Gasteiger partial charge is 0.381 e. The molecule has 37 heavy (non-hydrogen) atoms. The van der Waals surface area contributed by atoms with Crippen molar-refractivity contribution in [2.45, 2.75) is 43.3 Å². The topological polar surface area (TPSA) is 75.7 Å². The van der Waals surface area contributed by atoms with E-state index in [2.05, 4.69) is 0 Å². The van der Waals surface area contributed by atoms with Gasteiger partial charge in [-0.2, -0.15) is 8.78 Å². The van der Waals surface area contributed by atoms with E-state index in [1.54, 1.807) is 0 Å². The van der Waals surface area contributed by atoms with Gasteiger partial charge in [0.25, 0.3) is 15.9 Å². The third-order valence-corrected chi connectivity index (χ3v) is 7.95. The Kier molecular flexibility index (Phi) is 7.59. The lowest BCUT2D eigenvalue weighted by molar-refractivity contribution is -0.139. The first-order valence-corrected chi connectivity index (χ1v) is 12.9. The second-order valence-electron chi connectivity index (χ2n) is 9.36. The summed E-state index contributed by atoms with van der Waals surface area (Å²) >= 11 is 0. The first-order chi connectivity index (χ1) is 17.4. The number of carbonyl (C=O) groups is 1. The van der Waals surface area contributed by atoms with E-state index >= 15 is 4.39 Å². The van der Waals surface area contributed by atoms with E-state index in [0.717, 1.165) is 17.0 Å². The van der Waals surface area contributed by atoms with Gasteiger partial charge in [0.15, 0.2) is 0 Å². The van der Waals surface area contributed by atoms with E-state index in [4.69, 9.17) is 4.74 Å². The van der Waals surface area contributed by atoms with Crippen molar-refractivity contribution >= 4 is 15.9 Å². The number of methoxy groups -OCH3 is 1. The highest BCUT2D eigenvalue weighted by atomic mass is 32.2. The number of nitrogens with zero attached hydrogens (tertiary/aromatic N) is 1. The predicted octanol–water partition coefficient (Wildman–Crippen LogP) is 3.80. The third-order valence-electron chi connectivity index (χ3n) is 6.89. The normalized spacial score (nSPS) is 21.6. The Morgan fingerprint density at radius 2 is 1.78 bits per heavy atom. The zero-order valence-corrected chi connectivity index (χ0v) is 20.4. The Morgan fingerprint density at radius 1 is 1.14 bits per heavy atom. The van der Waals surface area contributed by atoms with Crippen LogP contribution in [0.25, 0.3) is 11.1 Å². The Balaban J connectivity index is 1.74. The lowest BCUT2D eigenvalue weighted by Gasteiger charge is -2.30. The number of nitrogens with one attached hydrogen (secondary N) is 1. The Bertz CT molecular complexity index is 1270. The van der Waals surface area contributed by atoms with Crippen molar-refractivity contribution in [3.8, 4) is 11.1 Å². The summed E-state index contributed by atoms with van der Waals surface area (Å²) in [5, 5.41) is 0. The van der Waals surface area contributed by atoms with Crippen molar-refractivity contribution < 1.29 is 44.3 Å². The molecule has 0 bridgehead atoms. The molecule has 1 heterocycles. The first-order valence-electron chi connectivity index (χ1n) is 11.3. The quantitative estimate of drug-likeness (QED) is 0.482. The molecule has 13 heteroatoms. The van der Waals surface area contributed by atoms with Gasteiger partial charge in [-0.1, -0.05) is 18.2 Å². The molecule has 1 unspecified atom stereocenters. The fourth-order valence-electron chi connectivity index (χ4n) is 4.97. The van der Waals surface area contributed by atoms with Crippen LogP contribution in [0.5, 0.6) is 0 Å². The number of benzene rings is 2. The van der Waals surface area contributed by atoms with Gasteiger partial charge in [-0.05, 0) is 42.5 Å². The highest BCUT2D eigenvalue weighted by Gasteiger charge is 2.62. The van der Waals surface area contributed by atoms with E-state index < -0.39 is 69.4 Å². The molecular weight excluding hydrogens is 526 g/mol. The minimum atomic E-state index is -5.11. The molecule has 1 saturated carbocycles. The van der Waals surface area contributed by atoms with Crippen molar-refractivity contribution in [1.29, 1.82) is 0 Å². The van der Waals surface area contributed by atoms with Gasteiger partial charge in [0.1, 0.15) is 17.5 Å². The number of rotatable bonds is 9. The lowest BCUT2D eigenvalue weighted by atomic mass is 9.91. The van der Waals surface area contributed by atoms with E-state index in [0.29, 0.717) is 18.9 Å². The van der Waals surface area contributed by atoms with Crippen LogP contribution in [0.4, 0.5) is 26.3 Å². The Labute approximate surface area is 209 Å². The van der Waals surface area contributed by atoms with Gasteiger partial charge in [0.05, 0.1) is 12.6 Å². The molecule has 2 aromatic rings. The van der Waals surface area contributed by atoms with Gasteiger partial charge in [0, 0.05) is 36.7 Å². The second-order valence-corrected chi connectivity index (χ2v) is 11.0. The molecule has 2 fully saturated rings. The van der Waals surface area contributed by atoms with Crippen LogP contribution < -0.4 is 4.72 Å². The number of alkyl halides is 3. The molecule has 0 aromatic heterocycles. The number of hydrogen-bond donors (Lipinski definition) is 1. The number of likely N-dealkylation sites (tertiary alicyclic amines) is 1. The molecule has 2 aromatic carbocycles. The summed E-state index contributed by atoms with van der Waals surface area (Å²) in [7, 11) is -3.93. The van der Waals surface area contributed by atoms with Gasteiger partial charge >= 0.3 is 5.76 Å². The van der Waals surface area contributed by atoms with Gasteiger partial charge in [0.2, 0.25) is 6.17 Å². The van der Waals surface area contributed by atoms with E-state index in [-0.39, 0.29) is 29.7 Å². The molecule has 4 rings (SSSR count). The summed E-state index contributed by atoms with van der Waals surface area (Å²) in [6, 6.07) is 4.01. The summed E-state index contributed by atoms with van der Waals surface area (Å²) in [5.74, 6) is -7.56. The van der Waals surface area contributed by atoms with Crippen LogP contribution in [0, 0.1) is 22.9 Å². The highest BCUT2D eigenvalue weighted by molar-refractivity contribution is 7.89. The fraction of sp³-hybridized carbons (Fsp3) is 0.458. The maximum absolute atomic E-state index is 15.6. The van der Waals surface area contributed by atoms with Gasteiger partial charge in [-0.25, -0.2) is 30.7 Å². The van der Waals surface area contributed by atoms with Crippen LogP contribution >= 0.6 is 0 Å². The summed E-state index contributed by atoms with van der Waals surface area (Å²) in [6.45, 7) is -0.703. The number of sulfonamides is 1. The van der Waals surface area contributed by atoms with Gasteiger partial charge in [-0.3, -0.25) is 4.79 Å². The van der Waals surface area contributed by atoms with Crippen LogP contribution in [0.15, 0.2) is 36.4 Å². The monoisotopic (exact) mass is 550 g/mol. The molecule has 1 aliphatic carbocycles. The van der Waals surface area contributed by atoms with Crippen molar-refractivity contribution in [3.63, 3.8) is 0 Å². The fourth-order valence-corrected chi connectivity index (χ4v) is 5.83. The van der Waals surface area contributed by atoms with Gasteiger partial charge < -0.3 is 9.64 Å². The minimum absolute atomic E-state index is 0.0777. The van der Waals surface area contributed by atoms with Crippen LogP contribution in [0.2, 0.25) is 0 Å². The second kappa shape index (κ2) is 10.3. The van der Waals surface area contributed by atoms with Crippen LogP contribution in [-0.4, -0.2) is 63.5 Å². The SMILES string of the molecule is COCC(F)C(=O)N1CC2(CC2)[C@H](NS(=O)(=O)C(F)F)[C@@H]1Cc1cccc(-c2cc(F)cc(F)c2)c1F. The highest BCUT2D eigenvalue weighted by Crippen LogP contribution is 2.56. The Morgan fingerprint density at radius 3 is 2.35 bits per heavy atom. The molecule has 1 spiro atoms. The smallest absolute Gasteiger partial charge is 0.350 e. The molecule has 202 valence electrons. The molecule has 1 amide bonds. The molecule has 1 N–H and O–H groups in total. The van der Waals surface area contributed by atoms with Crippen LogP contribution in [-0.2, 0) is 26.0 Å². The standard InChI is InChI=1S/C24H24F6N2O4S/c1-36-11-18(27)22(33)32-12-24(5-6-24)21(31-37(34,35)23(29)30)19(32)9-13-3-2-4-17(20(13)28)14-7-15(25)10-16(26)8-14/h2-4,7-8,10,18-19,21,23,31H,5-6,9,11-12H2,1H3/t18?,19-,21+/m0/s1. The Hall–Kier alpha value is -2.64. The molecule has 2 aliphatic rings. The minimum Gasteiger partial charge on any atom is -0.381 e. The van der Waals surface area contributed by atoms with Crippen molar-refractivity contribution in [2.75, 3.05) is 20.3 Å². The van der Waals surface area contributed by atoms with Crippen molar-refractivity contribution in [1.82, 2.24) is 9.62 Å². The number of ether oxygens (including phenoxy) is 1. The van der Waals surface area contributed by atoms with E-state index in [9.17, 15) is 35.2 Å². The van der Waals surface area contributed by atoms with Crippen LogP contribution in [0.1, 0.15) is 18.4 Å². The van der Waals surface area contributed by atoms with Crippen molar-refractivity contribution in [3.05, 3.63) is 59.4 Å². The average Bonchev–Trinajstić information content (AvgIpc) is 3.54. The average molecular weight is 551 g/mol. The number of carbonyl (C=O) groups excluding carboxylic acids is 1. The third kappa shape index (κ3) is 5.48. The summed E-state index contributed by atoms with van der Waals surface area (Å²) in [6.07, 6.45) is -1.71. The summed E-state index contributed by atoms with van der Waals surface area (Å²) < 4.78 is 115. The molecular formula is C24H24F6N2O4S. The first kappa shape index (κ1) is 27.4. The molecule has 6 nitrogen and oxygen atoms in total. The number of amides is 1. The zero-order chi connectivity index (χ0) is 27.1. The maximum atomic E-state index is 15.6. The number of hydrogen-bond acceptors (Lipinski definition) is 4. The summed E-state index contributed by atoms with van der Waals surface area (Å²) in [5.41, 5.74) is -1.25. The number of halogens is 6. The van der Waals surface area contributed by atoms with E-state index in [1.165, 1.54) is 25.3 Å².